The van der Waals surface area contributed by atoms with Crippen molar-refractivity contribution in [2.45, 2.75) is 33.0 Å². The minimum atomic E-state index is 0.259. The summed E-state index contributed by atoms with van der Waals surface area (Å²) in [4.78, 5) is 0. The molecule has 0 spiro atoms. The largest absolute Gasteiger partial charge is 0.488 e. The van der Waals surface area contributed by atoms with Gasteiger partial charge >= 0.3 is 0 Å². The second-order valence-corrected chi connectivity index (χ2v) is 8.01. The van der Waals surface area contributed by atoms with Gasteiger partial charge in [0.1, 0.15) is 24.7 Å². The SMILES string of the molecule is CC(C)c1cc(-c2cc(Cl)c(OCc3ccccc3)cc2OCc2ccccc2)on1. The molecular formula is C26H24ClNO3. The molecule has 158 valence electrons. The van der Waals surface area contributed by atoms with E-state index in [1.807, 2.05) is 78.9 Å². The van der Waals surface area contributed by atoms with Gasteiger partial charge in [0.25, 0.3) is 0 Å². The minimum absolute atomic E-state index is 0.259. The first-order valence-electron chi connectivity index (χ1n) is 10.2. The molecule has 4 aromatic rings. The first-order chi connectivity index (χ1) is 15.1. The van der Waals surface area contributed by atoms with E-state index in [4.69, 9.17) is 25.6 Å². The highest BCUT2D eigenvalue weighted by atomic mass is 35.5. The van der Waals surface area contributed by atoms with Crippen molar-refractivity contribution in [1.82, 2.24) is 5.16 Å². The van der Waals surface area contributed by atoms with E-state index in [-0.39, 0.29) is 5.92 Å². The standard InChI is InChI=1S/C26H24ClNO3/c1-18(2)23-14-25(31-28-23)21-13-22(27)26(30-17-20-11-7-4-8-12-20)15-24(21)29-16-19-9-5-3-6-10-19/h3-15,18H,16-17H2,1-2H3. The molecule has 0 aliphatic rings. The molecule has 5 heteroatoms. The van der Waals surface area contributed by atoms with Crippen molar-refractivity contribution in [3.05, 3.63) is 101 Å². The molecule has 0 amide bonds. The second-order valence-electron chi connectivity index (χ2n) is 7.60. The van der Waals surface area contributed by atoms with Gasteiger partial charge in [-0.1, -0.05) is 91.3 Å². The van der Waals surface area contributed by atoms with Gasteiger partial charge in [-0.05, 0) is 23.1 Å². The number of ether oxygens (including phenoxy) is 2. The lowest BCUT2D eigenvalue weighted by atomic mass is 10.1. The average molecular weight is 434 g/mol. The Labute approximate surface area is 187 Å². The fraction of sp³-hybridized carbons (Fsp3) is 0.192. The Balaban J connectivity index is 1.64. The smallest absolute Gasteiger partial charge is 0.170 e. The van der Waals surface area contributed by atoms with Crippen LogP contribution < -0.4 is 9.47 Å². The fourth-order valence-corrected chi connectivity index (χ4v) is 3.33. The molecule has 4 nitrogen and oxygen atoms in total. The van der Waals surface area contributed by atoms with Gasteiger partial charge in [0.05, 0.1) is 16.3 Å². The third kappa shape index (κ3) is 5.28. The molecule has 4 rings (SSSR count). The predicted octanol–water partition coefficient (Wildman–Crippen LogP) is 7.28. The number of halogens is 1. The van der Waals surface area contributed by atoms with Gasteiger partial charge in [-0.15, -0.1) is 0 Å². The van der Waals surface area contributed by atoms with Crippen LogP contribution in [0.3, 0.4) is 0 Å². The molecule has 0 bridgehead atoms. The molecule has 0 saturated heterocycles. The maximum Gasteiger partial charge on any atom is 0.170 e. The summed E-state index contributed by atoms with van der Waals surface area (Å²) in [5.41, 5.74) is 3.75. The van der Waals surface area contributed by atoms with Crippen LogP contribution in [-0.4, -0.2) is 5.16 Å². The number of benzene rings is 3. The summed E-state index contributed by atoms with van der Waals surface area (Å²) in [6, 6.07) is 25.5. The lowest BCUT2D eigenvalue weighted by molar-refractivity contribution is 0.290. The highest BCUT2D eigenvalue weighted by molar-refractivity contribution is 6.32. The van der Waals surface area contributed by atoms with Crippen molar-refractivity contribution in [2.24, 2.45) is 0 Å². The normalized spacial score (nSPS) is 11.0. The Morgan fingerprint density at radius 3 is 1.94 bits per heavy atom. The Hall–Kier alpha value is -3.24. The Kier molecular flexibility index (Phi) is 6.58. The minimum Gasteiger partial charge on any atom is -0.488 e. The molecule has 1 aromatic heterocycles. The molecule has 31 heavy (non-hydrogen) atoms. The average Bonchev–Trinajstić information content (AvgIpc) is 3.29. The van der Waals surface area contributed by atoms with Crippen LogP contribution in [0.4, 0.5) is 0 Å². The zero-order chi connectivity index (χ0) is 21.6. The highest BCUT2D eigenvalue weighted by Gasteiger charge is 2.18. The van der Waals surface area contributed by atoms with E-state index in [1.54, 1.807) is 0 Å². The van der Waals surface area contributed by atoms with Gasteiger partial charge in [-0.2, -0.15) is 0 Å². The molecule has 0 atom stereocenters. The number of nitrogens with zero attached hydrogens (tertiary/aromatic N) is 1. The third-order valence-electron chi connectivity index (χ3n) is 4.89. The molecule has 0 radical (unpaired) electrons. The third-order valence-corrected chi connectivity index (χ3v) is 5.19. The summed E-state index contributed by atoms with van der Waals surface area (Å²) < 4.78 is 17.8. The molecular weight excluding hydrogens is 410 g/mol. The van der Waals surface area contributed by atoms with Crippen LogP contribution in [0.2, 0.25) is 5.02 Å². The Morgan fingerprint density at radius 2 is 1.39 bits per heavy atom. The lowest BCUT2D eigenvalue weighted by Gasteiger charge is -2.14. The molecule has 0 unspecified atom stereocenters. The first-order valence-corrected chi connectivity index (χ1v) is 10.6. The predicted molar refractivity (Wildman–Crippen MR) is 123 cm³/mol. The molecule has 0 N–H and O–H groups in total. The number of hydrogen-bond acceptors (Lipinski definition) is 4. The van der Waals surface area contributed by atoms with Crippen LogP contribution in [0.1, 0.15) is 36.6 Å². The van der Waals surface area contributed by atoms with Gasteiger partial charge in [0.2, 0.25) is 0 Å². The lowest BCUT2D eigenvalue weighted by Crippen LogP contribution is -2.00. The summed E-state index contributed by atoms with van der Waals surface area (Å²) in [6.45, 7) is 4.97. The zero-order valence-corrected chi connectivity index (χ0v) is 18.3. The van der Waals surface area contributed by atoms with Crippen molar-refractivity contribution in [3.63, 3.8) is 0 Å². The van der Waals surface area contributed by atoms with Crippen molar-refractivity contribution in [2.75, 3.05) is 0 Å². The fourth-order valence-electron chi connectivity index (χ4n) is 3.12. The van der Waals surface area contributed by atoms with Crippen molar-refractivity contribution in [1.29, 1.82) is 0 Å². The zero-order valence-electron chi connectivity index (χ0n) is 17.5. The Morgan fingerprint density at radius 1 is 0.806 bits per heavy atom. The van der Waals surface area contributed by atoms with Crippen molar-refractivity contribution < 1.29 is 14.0 Å². The van der Waals surface area contributed by atoms with Gasteiger partial charge in [-0.25, -0.2) is 0 Å². The first kappa shape index (κ1) is 21.0. The molecule has 0 aliphatic carbocycles. The number of hydrogen-bond donors (Lipinski definition) is 0. The van der Waals surface area contributed by atoms with E-state index < -0.39 is 0 Å². The number of rotatable bonds is 8. The quantitative estimate of drug-likeness (QED) is 0.293. The van der Waals surface area contributed by atoms with Gasteiger partial charge < -0.3 is 14.0 Å². The van der Waals surface area contributed by atoms with E-state index >= 15 is 0 Å². The molecule has 0 fully saturated rings. The van der Waals surface area contributed by atoms with Gasteiger partial charge in [-0.3, -0.25) is 0 Å². The van der Waals surface area contributed by atoms with E-state index in [1.165, 1.54) is 0 Å². The molecule has 1 heterocycles. The van der Waals surface area contributed by atoms with Crippen LogP contribution >= 0.6 is 11.6 Å². The molecule has 0 aliphatic heterocycles. The molecule has 0 saturated carbocycles. The van der Waals surface area contributed by atoms with Crippen LogP contribution in [-0.2, 0) is 13.2 Å². The summed E-state index contributed by atoms with van der Waals surface area (Å²) in [5.74, 6) is 2.06. The van der Waals surface area contributed by atoms with E-state index in [9.17, 15) is 0 Å². The highest BCUT2D eigenvalue weighted by Crippen LogP contribution is 2.40. The van der Waals surface area contributed by atoms with Crippen LogP contribution in [0.25, 0.3) is 11.3 Å². The monoisotopic (exact) mass is 433 g/mol. The molecule has 3 aromatic carbocycles. The van der Waals surface area contributed by atoms with E-state index in [0.717, 1.165) is 22.4 Å². The summed E-state index contributed by atoms with van der Waals surface area (Å²) >= 11 is 6.56. The summed E-state index contributed by atoms with van der Waals surface area (Å²) in [7, 11) is 0. The summed E-state index contributed by atoms with van der Waals surface area (Å²) in [6.07, 6.45) is 0. The van der Waals surface area contributed by atoms with Gasteiger partial charge in [0.15, 0.2) is 5.76 Å². The van der Waals surface area contributed by atoms with Crippen LogP contribution in [0.5, 0.6) is 11.5 Å². The van der Waals surface area contributed by atoms with E-state index in [2.05, 4.69) is 19.0 Å². The summed E-state index contributed by atoms with van der Waals surface area (Å²) in [5, 5.41) is 4.66. The van der Waals surface area contributed by atoms with Crippen LogP contribution in [0.15, 0.2) is 83.4 Å². The maximum absolute atomic E-state index is 6.56. The second kappa shape index (κ2) is 9.71. The van der Waals surface area contributed by atoms with Crippen LogP contribution in [0, 0.1) is 0 Å². The Bertz CT molecular complexity index is 1120. The van der Waals surface area contributed by atoms with E-state index in [0.29, 0.717) is 35.5 Å². The topological polar surface area (TPSA) is 44.5 Å². The van der Waals surface area contributed by atoms with Crippen molar-refractivity contribution >= 4 is 11.6 Å². The van der Waals surface area contributed by atoms with Crippen molar-refractivity contribution in [3.8, 4) is 22.8 Å². The maximum atomic E-state index is 6.56. The van der Waals surface area contributed by atoms with Gasteiger partial charge in [0, 0.05) is 12.1 Å². The number of aromatic nitrogens is 1.